The van der Waals surface area contributed by atoms with Gasteiger partial charge in [0, 0.05) is 6.54 Å². The minimum Gasteiger partial charge on any atom is -0.495 e. The third kappa shape index (κ3) is 5.80. The normalized spacial score (nSPS) is 11.5. The Balaban J connectivity index is 1.97. The molecule has 0 aliphatic heterocycles. The number of methoxy groups -OCH3 is 1. The number of rotatable bonds is 8. The molecule has 0 aromatic heterocycles. The first-order valence-electron chi connectivity index (χ1n) is 10.7. The molecule has 0 spiro atoms. The largest absolute Gasteiger partial charge is 0.495 e. The number of hydrogen-bond donors (Lipinski definition) is 1. The number of amides is 1. The summed E-state index contributed by atoms with van der Waals surface area (Å²) in [6, 6.07) is 18.3. The van der Waals surface area contributed by atoms with Crippen LogP contribution in [0.5, 0.6) is 5.75 Å². The number of aryl methyl sites for hydroxylation is 4. The predicted octanol–water partition coefficient (Wildman–Crippen LogP) is 4.76. The Labute approximate surface area is 196 Å². The molecule has 3 aromatic rings. The third-order valence-corrected chi connectivity index (χ3v) is 7.48. The molecule has 0 fully saturated rings. The van der Waals surface area contributed by atoms with E-state index in [1.807, 2.05) is 50.2 Å². The van der Waals surface area contributed by atoms with Crippen LogP contribution in [0.3, 0.4) is 0 Å². The van der Waals surface area contributed by atoms with Crippen LogP contribution in [-0.2, 0) is 21.4 Å². The van der Waals surface area contributed by atoms with Crippen molar-refractivity contribution in [3.05, 3.63) is 88.5 Å². The van der Waals surface area contributed by atoms with E-state index in [1.165, 1.54) is 11.4 Å². The third-order valence-electron chi connectivity index (χ3n) is 5.38. The Kier molecular flexibility index (Phi) is 7.56. The van der Waals surface area contributed by atoms with E-state index in [0.717, 1.165) is 16.7 Å². The Morgan fingerprint density at radius 3 is 2.12 bits per heavy atom. The molecule has 1 N–H and O–H groups in total. The van der Waals surface area contributed by atoms with Crippen molar-refractivity contribution >= 4 is 21.6 Å². The number of nitrogens with zero attached hydrogens (tertiary/aromatic N) is 1. The molecule has 0 atom stereocenters. The summed E-state index contributed by atoms with van der Waals surface area (Å²) in [6.07, 6.45) is 0. The molecule has 0 saturated heterocycles. The van der Waals surface area contributed by atoms with Crippen molar-refractivity contribution in [3.8, 4) is 5.75 Å². The fourth-order valence-corrected chi connectivity index (χ4v) is 5.72. The Bertz CT molecular complexity index is 1230. The lowest BCUT2D eigenvalue weighted by Crippen LogP contribution is -2.38. The van der Waals surface area contributed by atoms with Gasteiger partial charge >= 0.3 is 0 Å². The highest BCUT2D eigenvalue weighted by molar-refractivity contribution is 7.89. The molecule has 1 amide bonds. The molecule has 0 aliphatic rings. The number of hydrogen-bond acceptors (Lipinski definition) is 4. The molecule has 6 nitrogen and oxygen atoms in total. The summed E-state index contributed by atoms with van der Waals surface area (Å²) in [5.74, 6) is 0.0571. The lowest BCUT2D eigenvalue weighted by molar-refractivity contribution is -0.116. The zero-order chi connectivity index (χ0) is 24.2. The molecule has 0 aliphatic carbocycles. The number of carbonyl (C=O) groups excluding carboxylic acids is 1. The van der Waals surface area contributed by atoms with Crippen LogP contribution in [0.15, 0.2) is 65.6 Å². The standard InChI is InChI=1S/C26H30N2O4S/c1-18-10-12-22(13-11-18)16-28(17-25(29)27-23-8-6-7-9-24(23)32-5)33(30,31)26-20(3)14-19(2)15-21(26)4/h6-15H,16-17H2,1-5H3,(H,27,29). The molecule has 0 heterocycles. The summed E-state index contributed by atoms with van der Waals surface area (Å²) in [5.41, 5.74) is 4.67. The SMILES string of the molecule is COc1ccccc1NC(=O)CN(Cc1ccc(C)cc1)S(=O)(=O)c1c(C)cc(C)cc1C. The maximum atomic E-state index is 13.8. The second kappa shape index (κ2) is 10.2. The molecular weight excluding hydrogens is 436 g/mol. The molecule has 0 radical (unpaired) electrons. The van der Waals surface area contributed by atoms with E-state index in [0.29, 0.717) is 22.6 Å². The number of sulfonamides is 1. The maximum Gasteiger partial charge on any atom is 0.244 e. The van der Waals surface area contributed by atoms with Gasteiger partial charge < -0.3 is 10.1 Å². The van der Waals surface area contributed by atoms with E-state index in [9.17, 15) is 13.2 Å². The number of carbonyl (C=O) groups is 1. The second-order valence-electron chi connectivity index (χ2n) is 8.23. The molecule has 7 heteroatoms. The van der Waals surface area contributed by atoms with Gasteiger partial charge in [0.1, 0.15) is 5.75 Å². The van der Waals surface area contributed by atoms with Crippen LogP contribution >= 0.6 is 0 Å². The van der Waals surface area contributed by atoms with E-state index in [1.54, 1.807) is 38.1 Å². The van der Waals surface area contributed by atoms with Crippen molar-refractivity contribution in [1.82, 2.24) is 4.31 Å². The first-order chi connectivity index (χ1) is 15.6. The van der Waals surface area contributed by atoms with E-state index in [2.05, 4.69) is 5.32 Å². The molecule has 0 bridgehead atoms. The Morgan fingerprint density at radius 1 is 0.909 bits per heavy atom. The van der Waals surface area contributed by atoms with E-state index >= 15 is 0 Å². The highest BCUT2D eigenvalue weighted by atomic mass is 32.2. The summed E-state index contributed by atoms with van der Waals surface area (Å²) >= 11 is 0. The number of nitrogens with one attached hydrogen (secondary N) is 1. The first kappa shape index (κ1) is 24.5. The van der Waals surface area contributed by atoms with Crippen molar-refractivity contribution in [3.63, 3.8) is 0 Å². The van der Waals surface area contributed by atoms with Crippen molar-refractivity contribution in [2.45, 2.75) is 39.1 Å². The van der Waals surface area contributed by atoms with Crippen LogP contribution in [0.2, 0.25) is 0 Å². The van der Waals surface area contributed by atoms with Gasteiger partial charge in [-0.2, -0.15) is 4.31 Å². The highest BCUT2D eigenvalue weighted by Crippen LogP contribution is 2.27. The van der Waals surface area contributed by atoms with Gasteiger partial charge in [0.25, 0.3) is 0 Å². The molecule has 0 saturated carbocycles. The van der Waals surface area contributed by atoms with Gasteiger partial charge in [0.15, 0.2) is 0 Å². The lowest BCUT2D eigenvalue weighted by atomic mass is 10.1. The zero-order valence-electron chi connectivity index (χ0n) is 19.7. The van der Waals surface area contributed by atoms with Gasteiger partial charge in [-0.05, 0) is 56.5 Å². The quantitative estimate of drug-likeness (QED) is 0.519. The topological polar surface area (TPSA) is 75.7 Å². The van der Waals surface area contributed by atoms with Crippen molar-refractivity contribution in [1.29, 1.82) is 0 Å². The van der Waals surface area contributed by atoms with Gasteiger partial charge in [0.2, 0.25) is 15.9 Å². The van der Waals surface area contributed by atoms with Gasteiger partial charge in [-0.3, -0.25) is 4.79 Å². The second-order valence-corrected chi connectivity index (χ2v) is 10.1. The van der Waals surface area contributed by atoms with E-state index < -0.39 is 15.9 Å². The van der Waals surface area contributed by atoms with Crippen LogP contribution in [0, 0.1) is 27.7 Å². The van der Waals surface area contributed by atoms with Crippen molar-refractivity contribution < 1.29 is 17.9 Å². The van der Waals surface area contributed by atoms with Crippen molar-refractivity contribution in [2.24, 2.45) is 0 Å². The van der Waals surface area contributed by atoms with Crippen LogP contribution in [0.4, 0.5) is 5.69 Å². The minimum absolute atomic E-state index is 0.0781. The predicted molar refractivity (Wildman–Crippen MR) is 131 cm³/mol. The number of para-hydroxylation sites is 2. The molecule has 0 unspecified atom stereocenters. The Hall–Kier alpha value is -3.16. The average molecular weight is 467 g/mol. The summed E-state index contributed by atoms with van der Waals surface area (Å²) in [6.45, 7) is 7.21. The monoisotopic (exact) mass is 466 g/mol. The molecule has 3 rings (SSSR count). The minimum atomic E-state index is -3.95. The smallest absolute Gasteiger partial charge is 0.244 e. The summed E-state index contributed by atoms with van der Waals surface area (Å²) in [4.78, 5) is 13.2. The summed E-state index contributed by atoms with van der Waals surface area (Å²) in [5, 5.41) is 2.78. The Morgan fingerprint density at radius 2 is 1.52 bits per heavy atom. The maximum absolute atomic E-state index is 13.8. The summed E-state index contributed by atoms with van der Waals surface area (Å²) in [7, 11) is -2.43. The fraction of sp³-hybridized carbons (Fsp3) is 0.269. The van der Waals surface area contributed by atoms with Crippen molar-refractivity contribution in [2.75, 3.05) is 19.0 Å². The molecule has 33 heavy (non-hydrogen) atoms. The lowest BCUT2D eigenvalue weighted by Gasteiger charge is -2.24. The highest BCUT2D eigenvalue weighted by Gasteiger charge is 2.30. The molecular formula is C26H30N2O4S. The van der Waals surface area contributed by atoms with E-state index in [-0.39, 0.29) is 18.0 Å². The van der Waals surface area contributed by atoms with E-state index in [4.69, 9.17) is 4.74 Å². The van der Waals surface area contributed by atoms with Gasteiger partial charge in [0.05, 0.1) is 24.2 Å². The van der Waals surface area contributed by atoms with Crippen LogP contribution in [0.25, 0.3) is 0 Å². The van der Waals surface area contributed by atoms with Crippen LogP contribution in [-0.4, -0.2) is 32.3 Å². The number of benzene rings is 3. The fourth-order valence-electron chi connectivity index (χ4n) is 3.92. The zero-order valence-corrected chi connectivity index (χ0v) is 20.5. The first-order valence-corrected chi connectivity index (χ1v) is 12.1. The number of anilines is 1. The molecule has 3 aromatic carbocycles. The van der Waals surface area contributed by atoms with Gasteiger partial charge in [-0.1, -0.05) is 59.7 Å². The average Bonchev–Trinajstić information content (AvgIpc) is 2.74. The van der Waals surface area contributed by atoms with Crippen LogP contribution in [0.1, 0.15) is 27.8 Å². The van der Waals surface area contributed by atoms with Crippen LogP contribution < -0.4 is 10.1 Å². The van der Waals surface area contributed by atoms with Gasteiger partial charge in [-0.25, -0.2) is 8.42 Å². The molecule has 174 valence electrons. The number of ether oxygens (including phenoxy) is 1. The van der Waals surface area contributed by atoms with Gasteiger partial charge in [-0.15, -0.1) is 0 Å². The summed E-state index contributed by atoms with van der Waals surface area (Å²) < 4.78 is 34.1.